The number of anilines is 1. The predicted molar refractivity (Wildman–Crippen MR) is 59.8 cm³/mol. The molecule has 1 heterocycles. The molecule has 0 aliphatic rings. The van der Waals surface area contributed by atoms with Crippen LogP contribution in [0.5, 0.6) is 0 Å². The fourth-order valence-electron chi connectivity index (χ4n) is 1.34. The molecule has 5 heteroatoms. The molecule has 0 spiro atoms. The fourth-order valence-corrected chi connectivity index (χ4v) is 2.13. The number of esters is 1. The number of aromatic nitrogens is 1. The number of carbonyl (C=O) groups excluding carboxylic acids is 1. The van der Waals surface area contributed by atoms with Gasteiger partial charge in [0.15, 0.2) is 5.13 Å². The number of nitrogens with two attached hydrogens (primary N) is 1. The molecule has 0 aliphatic carbocycles. The van der Waals surface area contributed by atoms with Crippen LogP contribution in [0.2, 0.25) is 0 Å². The van der Waals surface area contributed by atoms with Gasteiger partial charge in [-0.25, -0.2) is 4.98 Å². The average molecular weight is 222 g/mol. The third-order valence-corrected chi connectivity index (χ3v) is 2.89. The Balaban J connectivity index is 2.33. The lowest BCUT2D eigenvalue weighted by molar-refractivity contribution is -0.139. The maximum absolute atomic E-state index is 11.1. The highest BCUT2D eigenvalue weighted by molar-refractivity contribution is 7.22. The van der Waals surface area contributed by atoms with Crippen molar-refractivity contribution < 1.29 is 9.53 Å². The molecule has 0 radical (unpaired) electrons. The molecule has 2 N–H and O–H groups in total. The average Bonchev–Trinajstić information content (AvgIpc) is 2.57. The van der Waals surface area contributed by atoms with E-state index in [1.165, 1.54) is 18.4 Å². The molecule has 1 aromatic heterocycles. The van der Waals surface area contributed by atoms with Crippen LogP contribution in [0.3, 0.4) is 0 Å². The second-order valence-electron chi connectivity index (χ2n) is 3.11. The summed E-state index contributed by atoms with van der Waals surface area (Å²) in [6.45, 7) is 0. The number of nitrogen functional groups attached to an aromatic ring is 1. The number of ether oxygens (including phenoxy) is 1. The highest BCUT2D eigenvalue weighted by Gasteiger charge is 2.05. The van der Waals surface area contributed by atoms with Crippen molar-refractivity contribution in [1.82, 2.24) is 4.98 Å². The van der Waals surface area contributed by atoms with E-state index in [2.05, 4.69) is 9.72 Å². The van der Waals surface area contributed by atoms with Gasteiger partial charge in [0.2, 0.25) is 0 Å². The minimum Gasteiger partial charge on any atom is -0.469 e. The van der Waals surface area contributed by atoms with Crippen LogP contribution in [-0.4, -0.2) is 18.1 Å². The van der Waals surface area contributed by atoms with Gasteiger partial charge in [0.05, 0.1) is 23.7 Å². The normalized spacial score (nSPS) is 10.5. The van der Waals surface area contributed by atoms with E-state index in [1.807, 2.05) is 18.2 Å². The summed E-state index contributed by atoms with van der Waals surface area (Å²) in [5.74, 6) is -0.244. The third-order valence-electron chi connectivity index (χ3n) is 2.05. The van der Waals surface area contributed by atoms with E-state index >= 15 is 0 Å². The minimum absolute atomic E-state index is 0.244. The lowest BCUT2D eigenvalue weighted by Gasteiger charge is -1.98. The summed E-state index contributed by atoms with van der Waals surface area (Å²) in [7, 11) is 1.38. The number of thiazole rings is 1. The van der Waals surface area contributed by atoms with Crippen molar-refractivity contribution in [3.63, 3.8) is 0 Å². The van der Waals surface area contributed by atoms with Crippen LogP contribution in [0.25, 0.3) is 10.2 Å². The Morgan fingerprint density at radius 3 is 3.13 bits per heavy atom. The summed E-state index contributed by atoms with van der Waals surface area (Å²) in [5.41, 5.74) is 7.37. The molecule has 0 fully saturated rings. The maximum atomic E-state index is 11.1. The van der Waals surface area contributed by atoms with Crippen LogP contribution in [0.1, 0.15) is 5.56 Å². The Kier molecular flexibility index (Phi) is 2.55. The standard InChI is InChI=1S/C10H10N2O2S/c1-14-9(13)5-6-2-3-7-8(4-6)15-10(11)12-7/h2-4H,5H2,1H3,(H2,11,12). The first-order valence-corrected chi connectivity index (χ1v) is 5.22. The summed E-state index contributed by atoms with van der Waals surface area (Å²) < 4.78 is 5.59. The van der Waals surface area contributed by atoms with E-state index < -0.39 is 0 Å². The van der Waals surface area contributed by atoms with E-state index in [1.54, 1.807) is 0 Å². The van der Waals surface area contributed by atoms with Crippen LogP contribution in [0, 0.1) is 0 Å². The highest BCUT2D eigenvalue weighted by Crippen LogP contribution is 2.24. The van der Waals surface area contributed by atoms with Gasteiger partial charge in [-0.15, -0.1) is 0 Å². The second kappa shape index (κ2) is 3.86. The smallest absolute Gasteiger partial charge is 0.309 e. The van der Waals surface area contributed by atoms with E-state index in [0.29, 0.717) is 5.13 Å². The number of rotatable bonds is 2. The molecule has 0 bridgehead atoms. The molecular weight excluding hydrogens is 212 g/mol. The number of benzene rings is 1. The molecule has 4 nitrogen and oxygen atoms in total. The highest BCUT2D eigenvalue weighted by atomic mass is 32.1. The summed E-state index contributed by atoms with van der Waals surface area (Å²) in [6, 6.07) is 5.64. The minimum atomic E-state index is -0.244. The van der Waals surface area contributed by atoms with Gasteiger partial charge in [-0.2, -0.15) is 0 Å². The van der Waals surface area contributed by atoms with Gasteiger partial charge in [0, 0.05) is 0 Å². The Bertz CT molecular complexity index is 507. The SMILES string of the molecule is COC(=O)Cc1ccc2nc(N)sc2c1. The molecular formula is C10H10N2O2S. The largest absolute Gasteiger partial charge is 0.469 e. The van der Waals surface area contributed by atoms with Crippen molar-refractivity contribution in [1.29, 1.82) is 0 Å². The third kappa shape index (κ3) is 2.07. The van der Waals surface area contributed by atoms with Crippen molar-refractivity contribution in [3.8, 4) is 0 Å². The summed E-state index contributed by atoms with van der Waals surface area (Å²) >= 11 is 1.42. The lowest BCUT2D eigenvalue weighted by Crippen LogP contribution is -2.03. The van der Waals surface area contributed by atoms with E-state index in [0.717, 1.165) is 15.8 Å². The molecule has 0 atom stereocenters. The number of methoxy groups -OCH3 is 1. The molecule has 15 heavy (non-hydrogen) atoms. The van der Waals surface area contributed by atoms with Crippen molar-refractivity contribution in [2.24, 2.45) is 0 Å². The molecule has 0 saturated carbocycles. The van der Waals surface area contributed by atoms with Gasteiger partial charge in [-0.1, -0.05) is 17.4 Å². The zero-order valence-electron chi connectivity index (χ0n) is 8.19. The topological polar surface area (TPSA) is 65.2 Å². The summed E-state index contributed by atoms with van der Waals surface area (Å²) in [5, 5.41) is 0.542. The van der Waals surface area contributed by atoms with Crippen LogP contribution >= 0.6 is 11.3 Å². The monoisotopic (exact) mass is 222 g/mol. The predicted octanol–water partition coefficient (Wildman–Crippen LogP) is 1.59. The Hall–Kier alpha value is -1.62. The molecule has 0 aliphatic heterocycles. The quantitative estimate of drug-likeness (QED) is 0.784. The summed E-state index contributed by atoms with van der Waals surface area (Å²) in [6.07, 6.45) is 0.282. The number of fused-ring (bicyclic) bond motifs is 1. The van der Waals surface area contributed by atoms with Crippen molar-refractivity contribution >= 4 is 32.7 Å². The number of carbonyl (C=O) groups is 1. The Morgan fingerprint density at radius 2 is 2.40 bits per heavy atom. The number of hydrogen-bond donors (Lipinski definition) is 1. The second-order valence-corrected chi connectivity index (χ2v) is 4.17. The van der Waals surface area contributed by atoms with Crippen molar-refractivity contribution in [2.45, 2.75) is 6.42 Å². The molecule has 2 rings (SSSR count). The van der Waals surface area contributed by atoms with E-state index in [-0.39, 0.29) is 12.4 Å². The fraction of sp³-hybridized carbons (Fsp3) is 0.200. The lowest BCUT2D eigenvalue weighted by atomic mass is 10.1. The Labute approximate surface area is 90.7 Å². The molecule has 1 aromatic carbocycles. The number of hydrogen-bond acceptors (Lipinski definition) is 5. The van der Waals surface area contributed by atoms with Crippen LogP contribution in [0.15, 0.2) is 18.2 Å². The van der Waals surface area contributed by atoms with Crippen molar-refractivity contribution in [2.75, 3.05) is 12.8 Å². The van der Waals surface area contributed by atoms with Crippen LogP contribution in [0.4, 0.5) is 5.13 Å². The molecule has 0 unspecified atom stereocenters. The van der Waals surface area contributed by atoms with Crippen LogP contribution in [-0.2, 0) is 16.0 Å². The first-order chi connectivity index (χ1) is 7.19. The maximum Gasteiger partial charge on any atom is 0.309 e. The van der Waals surface area contributed by atoms with E-state index in [4.69, 9.17) is 5.73 Å². The zero-order valence-corrected chi connectivity index (χ0v) is 9.00. The van der Waals surface area contributed by atoms with Gasteiger partial charge in [0.1, 0.15) is 0 Å². The molecule has 0 amide bonds. The zero-order chi connectivity index (χ0) is 10.8. The van der Waals surface area contributed by atoms with Crippen LogP contribution < -0.4 is 5.73 Å². The number of nitrogens with zero attached hydrogens (tertiary/aromatic N) is 1. The van der Waals surface area contributed by atoms with Gasteiger partial charge >= 0.3 is 5.97 Å². The molecule has 2 aromatic rings. The van der Waals surface area contributed by atoms with E-state index in [9.17, 15) is 4.79 Å². The van der Waals surface area contributed by atoms with Gasteiger partial charge in [0.25, 0.3) is 0 Å². The first-order valence-electron chi connectivity index (χ1n) is 4.41. The molecule has 0 saturated heterocycles. The van der Waals surface area contributed by atoms with Gasteiger partial charge in [-0.3, -0.25) is 4.79 Å². The molecule has 78 valence electrons. The van der Waals surface area contributed by atoms with Gasteiger partial charge < -0.3 is 10.5 Å². The van der Waals surface area contributed by atoms with Gasteiger partial charge in [-0.05, 0) is 17.7 Å². The van der Waals surface area contributed by atoms with Crippen molar-refractivity contribution in [3.05, 3.63) is 23.8 Å². The first kappa shape index (κ1) is 9.92. The summed E-state index contributed by atoms with van der Waals surface area (Å²) in [4.78, 5) is 15.2. The Morgan fingerprint density at radius 1 is 1.60 bits per heavy atom.